The number of hydrogen-bond donors (Lipinski definition) is 3. The molecular weight excluding hydrogens is 344 g/mol. The molecule has 0 aliphatic carbocycles. The van der Waals surface area contributed by atoms with Crippen LogP contribution in [0.2, 0.25) is 0 Å². The number of carbonyl (C=O) groups excluding carboxylic acids is 1. The number of anilines is 1. The van der Waals surface area contributed by atoms with E-state index in [1.54, 1.807) is 0 Å². The second-order valence-corrected chi connectivity index (χ2v) is 8.23. The summed E-state index contributed by atoms with van der Waals surface area (Å²) in [5.41, 5.74) is 8.96. The topological polar surface area (TPSA) is 62.8 Å². The van der Waals surface area contributed by atoms with Gasteiger partial charge in [-0.25, -0.2) is 0 Å². The van der Waals surface area contributed by atoms with Crippen LogP contribution in [0, 0.1) is 13.8 Å². The highest BCUT2D eigenvalue weighted by molar-refractivity contribution is 7.80. The number of likely N-dealkylation sites (tertiary alicyclic amines) is 2. The zero-order chi connectivity index (χ0) is 18.7. The summed E-state index contributed by atoms with van der Waals surface area (Å²) in [6.07, 6.45) is 5.23. The van der Waals surface area contributed by atoms with E-state index in [9.17, 15) is 4.79 Å². The van der Waals surface area contributed by atoms with Gasteiger partial charge in [0.1, 0.15) is 0 Å². The van der Waals surface area contributed by atoms with Crippen molar-refractivity contribution in [3.8, 4) is 0 Å². The smallest absolute Gasteiger partial charge is 0.278 e. The van der Waals surface area contributed by atoms with Gasteiger partial charge in [0.15, 0.2) is 10.7 Å². The van der Waals surface area contributed by atoms with E-state index in [1.165, 1.54) is 35.3 Å². The lowest BCUT2D eigenvalue weighted by Crippen LogP contribution is -3.22. The van der Waals surface area contributed by atoms with E-state index in [-0.39, 0.29) is 5.91 Å². The van der Waals surface area contributed by atoms with E-state index in [0.717, 1.165) is 49.8 Å². The van der Waals surface area contributed by atoms with Crippen LogP contribution in [0.3, 0.4) is 0 Å². The van der Waals surface area contributed by atoms with E-state index in [2.05, 4.69) is 42.3 Å². The number of piperidine rings is 2. The molecule has 2 aliphatic rings. The van der Waals surface area contributed by atoms with Gasteiger partial charge >= 0.3 is 0 Å². The van der Waals surface area contributed by atoms with Gasteiger partial charge in [0.05, 0.1) is 13.1 Å². The Morgan fingerprint density at radius 3 is 2.42 bits per heavy atom. The number of rotatable bonds is 3. The van der Waals surface area contributed by atoms with Crippen molar-refractivity contribution in [2.24, 2.45) is 5.73 Å². The second kappa shape index (κ2) is 7.92. The fourth-order valence-corrected chi connectivity index (χ4v) is 4.76. The highest BCUT2D eigenvalue weighted by Crippen LogP contribution is 2.22. The zero-order valence-corrected chi connectivity index (χ0v) is 16.8. The number of nitrogens with one attached hydrogen (secondary N) is 2. The van der Waals surface area contributed by atoms with Gasteiger partial charge in [0.2, 0.25) is 0 Å². The van der Waals surface area contributed by atoms with Crippen LogP contribution in [0.4, 0.5) is 5.69 Å². The van der Waals surface area contributed by atoms with Gasteiger partial charge in [-0.3, -0.25) is 4.79 Å². The lowest BCUT2D eigenvalue weighted by atomic mass is 9.83. The number of benzene rings is 1. The minimum Gasteiger partial charge on any atom is -0.364 e. The van der Waals surface area contributed by atoms with Crippen LogP contribution in [0.15, 0.2) is 18.2 Å². The lowest BCUT2D eigenvalue weighted by molar-refractivity contribution is -0.948. The standard InChI is InChI=1S/C20H30N4OS/c1-15-6-7-17(16(2)14-15)22-19(26)23-12-8-20(9-13-23,18(21)25)24-10-4-3-5-11-24/h6-7,14H,3-5,8-13H2,1-2H3,(H2,21,25)(H,22,26)/p+1. The quantitative estimate of drug-likeness (QED) is 0.699. The predicted molar refractivity (Wildman–Crippen MR) is 109 cm³/mol. The summed E-state index contributed by atoms with van der Waals surface area (Å²) in [4.78, 5) is 15.9. The highest BCUT2D eigenvalue weighted by atomic mass is 32.1. The molecule has 0 aromatic heterocycles. The molecule has 0 bridgehead atoms. The zero-order valence-electron chi connectivity index (χ0n) is 15.9. The third-order valence-electron chi connectivity index (χ3n) is 6.13. The summed E-state index contributed by atoms with van der Waals surface area (Å²) in [6.45, 7) is 7.87. The molecule has 0 unspecified atom stereocenters. The van der Waals surface area contributed by atoms with Crippen LogP contribution in [0.1, 0.15) is 43.2 Å². The number of amides is 1. The number of hydrogen-bond acceptors (Lipinski definition) is 2. The second-order valence-electron chi connectivity index (χ2n) is 7.85. The van der Waals surface area contributed by atoms with Crippen LogP contribution >= 0.6 is 12.2 Å². The van der Waals surface area contributed by atoms with Crippen LogP contribution in [0.25, 0.3) is 0 Å². The van der Waals surface area contributed by atoms with E-state index in [4.69, 9.17) is 18.0 Å². The molecule has 2 heterocycles. The average Bonchev–Trinajstić information content (AvgIpc) is 2.64. The maximum absolute atomic E-state index is 12.4. The minimum absolute atomic E-state index is 0.137. The molecule has 0 saturated carbocycles. The molecule has 6 heteroatoms. The summed E-state index contributed by atoms with van der Waals surface area (Å²) in [5.74, 6) is -0.137. The molecule has 3 rings (SSSR count). The number of quaternary nitrogens is 1. The molecule has 1 aromatic rings. The molecule has 0 spiro atoms. The van der Waals surface area contributed by atoms with Crippen LogP contribution in [0.5, 0.6) is 0 Å². The molecule has 2 fully saturated rings. The minimum atomic E-state index is -0.410. The molecular formula is C20H31N4OS+. The van der Waals surface area contributed by atoms with E-state index in [0.29, 0.717) is 0 Å². The molecule has 5 nitrogen and oxygen atoms in total. The van der Waals surface area contributed by atoms with Crippen molar-refractivity contribution in [2.75, 3.05) is 31.5 Å². The third-order valence-corrected chi connectivity index (χ3v) is 6.49. The van der Waals surface area contributed by atoms with Gasteiger partial charge in [-0.05, 0) is 57.0 Å². The molecule has 1 aromatic carbocycles. The molecule has 26 heavy (non-hydrogen) atoms. The van der Waals surface area contributed by atoms with Gasteiger partial charge in [0.25, 0.3) is 5.91 Å². The van der Waals surface area contributed by atoms with Gasteiger partial charge in [-0.2, -0.15) is 0 Å². The molecule has 2 aliphatic heterocycles. The number of thiocarbonyl (C=S) groups is 1. The number of nitrogens with zero attached hydrogens (tertiary/aromatic N) is 1. The maximum atomic E-state index is 12.4. The first-order valence-corrected chi connectivity index (χ1v) is 10.1. The van der Waals surface area contributed by atoms with Crippen LogP contribution < -0.4 is 16.0 Å². The fraction of sp³-hybridized carbons (Fsp3) is 0.600. The van der Waals surface area contributed by atoms with Crippen molar-refractivity contribution >= 4 is 28.9 Å². The van der Waals surface area contributed by atoms with Crippen LogP contribution in [-0.4, -0.2) is 47.6 Å². The van der Waals surface area contributed by atoms with Crippen molar-refractivity contribution in [1.29, 1.82) is 0 Å². The summed E-state index contributed by atoms with van der Waals surface area (Å²) >= 11 is 5.64. The number of nitrogens with two attached hydrogens (primary N) is 1. The summed E-state index contributed by atoms with van der Waals surface area (Å²) < 4.78 is 0. The molecule has 142 valence electrons. The summed E-state index contributed by atoms with van der Waals surface area (Å²) in [5, 5.41) is 4.12. The van der Waals surface area contributed by atoms with Crippen molar-refractivity contribution in [3.63, 3.8) is 0 Å². The molecule has 4 N–H and O–H groups in total. The normalized spacial score (nSPS) is 20.6. The molecule has 0 atom stereocenters. The number of primary amides is 1. The number of carbonyl (C=O) groups is 1. The Bertz CT molecular complexity index is 676. The molecule has 2 saturated heterocycles. The van der Waals surface area contributed by atoms with E-state index < -0.39 is 5.54 Å². The molecule has 0 radical (unpaired) electrons. The van der Waals surface area contributed by atoms with Gasteiger partial charge in [-0.15, -0.1) is 0 Å². The van der Waals surface area contributed by atoms with Gasteiger partial charge < -0.3 is 20.9 Å². The van der Waals surface area contributed by atoms with E-state index in [1.807, 2.05) is 0 Å². The molecule has 1 amide bonds. The van der Waals surface area contributed by atoms with Crippen molar-refractivity contribution in [2.45, 2.75) is 51.5 Å². The summed E-state index contributed by atoms with van der Waals surface area (Å²) in [7, 11) is 0. The Morgan fingerprint density at radius 1 is 1.19 bits per heavy atom. The summed E-state index contributed by atoms with van der Waals surface area (Å²) in [6, 6.07) is 6.32. The van der Waals surface area contributed by atoms with Crippen molar-refractivity contribution in [1.82, 2.24) is 4.90 Å². The Hall–Kier alpha value is -1.66. The Balaban J connectivity index is 1.64. The third kappa shape index (κ3) is 3.86. The lowest BCUT2D eigenvalue weighted by Gasteiger charge is -2.45. The number of aryl methyl sites for hydroxylation is 2. The Labute approximate surface area is 161 Å². The predicted octanol–water partition coefficient (Wildman–Crippen LogP) is 1.39. The maximum Gasteiger partial charge on any atom is 0.278 e. The Kier molecular flexibility index (Phi) is 5.82. The monoisotopic (exact) mass is 375 g/mol. The Morgan fingerprint density at radius 2 is 1.85 bits per heavy atom. The van der Waals surface area contributed by atoms with Crippen LogP contribution in [-0.2, 0) is 4.79 Å². The first-order chi connectivity index (χ1) is 12.4. The fourth-order valence-electron chi connectivity index (χ4n) is 4.47. The first-order valence-electron chi connectivity index (χ1n) is 9.71. The largest absolute Gasteiger partial charge is 0.364 e. The highest BCUT2D eigenvalue weighted by Gasteiger charge is 2.49. The van der Waals surface area contributed by atoms with E-state index >= 15 is 0 Å². The van der Waals surface area contributed by atoms with Gasteiger partial charge in [0, 0.05) is 31.6 Å². The first kappa shape index (κ1) is 19.1. The van der Waals surface area contributed by atoms with Gasteiger partial charge in [-0.1, -0.05) is 17.7 Å². The van der Waals surface area contributed by atoms with Crippen molar-refractivity contribution < 1.29 is 9.69 Å². The SMILES string of the molecule is Cc1ccc(NC(=S)N2CCC(C(N)=O)([NH+]3CCCCC3)CC2)c(C)c1. The van der Waals surface area contributed by atoms with Crippen molar-refractivity contribution in [3.05, 3.63) is 29.3 Å². The average molecular weight is 376 g/mol.